The summed E-state index contributed by atoms with van der Waals surface area (Å²) in [5, 5.41) is 16.2. The Morgan fingerprint density at radius 3 is 2.86 bits per heavy atom. The van der Waals surface area contributed by atoms with Crippen LogP contribution in [0.15, 0.2) is 48.8 Å². The van der Waals surface area contributed by atoms with Crippen molar-refractivity contribution in [3.8, 4) is 6.07 Å². The third-order valence-corrected chi connectivity index (χ3v) is 7.68. The van der Waals surface area contributed by atoms with Crippen molar-refractivity contribution in [3.05, 3.63) is 65.7 Å². The van der Waals surface area contributed by atoms with Crippen molar-refractivity contribution in [2.75, 3.05) is 24.5 Å². The lowest BCUT2D eigenvalue weighted by Gasteiger charge is -2.34. The number of likely N-dealkylation sites (tertiary alicyclic amines) is 1. The van der Waals surface area contributed by atoms with Gasteiger partial charge in [0.2, 0.25) is 0 Å². The summed E-state index contributed by atoms with van der Waals surface area (Å²) in [7, 11) is 0. The Balaban J connectivity index is 1.34. The van der Waals surface area contributed by atoms with Gasteiger partial charge in [-0.2, -0.15) is 10.4 Å². The lowest BCUT2D eigenvalue weighted by atomic mass is 9.98. The predicted octanol–water partition coefficient (Wildman–Crippen LogP) is 4.55. The summed E-state index contributed by atoms with van der Waals surface area (Å²) in [5.41, 5.74) is 3.15. The van der Waals surface area contributed by atoms with Crippen molar-refractivity contribution in [3.63, 3.8) is 0 Å². The minimum Gasteiger partial charge on any atom is -0.355 e. The molecular weight excluding hydrogens is 450 g/mol. The van der Waals surface area contributed by atoms with Gasteiger partial charge in [-0.25, -0.2) is 9.50 Å². The highest BCUT2D eigenvalue weighted by molar-refractivity contribution is 6.05. The number of pyridine rings is 1. The summed E-state index contributed by atoms with van der Waals surface area (Å²) in [6.45, 7) is 6.37. The van der Waals surface area contributed by atoms with Gasteiger partial charge in [0.1, 0.15) is 11.5 Å². The fraction of sp³-hybridized carbons (Fsp3) is 0.393. The number of piperidine rings is 1. The molecule has 0 aliphatic carbocycles. The molecule has 3 aromatic heterocycles. The molecule has 6 rings (SSSR count). The van der Waals surface area contributed by atoms with Gasteiger partial charge in [-0.15, -0.1) is 0 Å². The van der Waals surface area contributed by atoms with Gasteiger partial charge in [0, 0.05) is 49.0 Å². The summed E-state index contributed by atoms with van der Waals surface area (Å²) in [4.78, 5) is 27.3. The smallest absolute Gasteiger partial charge is 0.273 e. The van der Waals surface area contributed by atoms with Crippen molar-refractivity contribution in [1.82, 2.24) is 24.5 Å². The number of benzene rings is 1. The van der Waals surface area contributed by atoms with Crippen LogP contribution in [0.2, 0.25) is 0 Å². The van der Waals surface area contributed by atoms with Crippen molar-refractivity contribution < 1.29 is 4.79 Å². The van der Waals surface area contributed by atoms with Crippen LogP contribution >= 0.6 is 0 Å². The Bertz CT molecular complexity index is 1500. The van der Waals surface area contributed by atoms with Crippen LogP contribution in [0.1, 0.15) is 54.0 Å². The molecular formula is C28H29N7O. The molecule has 0 unspecified atom stereocenters. The summed E-state index contributed by atoms with van der Waals surface area (Å²) in [6.07, 6.45) is 6.59. The second kappa shape index (κ2) is 8.90. The summed E-state index contributed by atoms with van der Waals surface area (Å²) in [5.74, 6) is 1.20. The quantitative estimate of drug-likeness (QED) is 0.428. The van der Waals surface area contributed by atoms with Gasteiger partial charge in [-0.3, -0.25) is 9.78 Å². The van der Waals surface area contributed by atoms with Gasteiger partial charge in [0.15, 0.2) is 5.65 Å². The normalized spacial score (nSPS) is 22.3. The lowest BCUT2D eigenvalue weighted by Crippen LogP contribution is -2.39. The first-order chi connectivity index (χ1) is 17.5. The second-order valence-corrected chi connectivity index (χ2v) is 10.1. The van der Waals surface area contributed by atoms with Crippen molar-refractivity contribution >= 4 is 28.1 Å². The van der Waals surface area contributed by atoms with Gasteiger partial charge < -0.3 is 9.80 Å². The van der Waals surface area contributed by atoms with Crippen LogP contribution in [-0.4, -0.2) is 50.0 Å². The maximum atomic E-state index is 13.8. The molecule has 1 aromatic carbocycles. The van der Waals surface area contributed by atoms with Gasteiger partial charge in [-0.1, -0.05) is 31.2 Å². The molecule has 36 heavy (non-hydrogen) atoms. The fourth-order valence-electron chi connectivity index (χ4n) is 5.72. The number of rotatable bonds is 3. The van der Waals surface area contributed by atoms with E-state index in [0.717, 1.165) is 59.3 Å². The molecule has 2 saturated heterocycles. The maximum Gasteiger partial charge on any atom is 0.273 e. The number of aromatic nitrogens is 4. The molecule has 182 valence electrons. The highest BCUT2D eigenvalue weighted by atomic mass is 16.2. The van der Waals surface area contributed by atoms with Gasteiger partial charge in [-0.05, 0) is 43.6 Å². The number of hydrogen-bond acceptors (Lipinski definition) is 6. The Hall–Kier alpha value is -3.99. The number of fused-ring (bicyclic) bond motifs is 2. The van der Waals surface area contributed by atoms with E-state index in [1.54, 1.807) is 6.20 Å². The third kappa shape index (κ3) is 3.76. The van der Waals surface area contributed by atoms with Crippen LogP contribution in [-0.2, 0) is 0 Å². The first-order valence-electron chi connectivity index (χ1n) is 12.7. The predicted molar refractivity (Wildman–Crippen MR) is 138 cm³/mol. The molecule has 2 aliphatic heterocycles. The Morgan fingerprint density at radius 1 is 1.17 bits per heavy atom. The van der Waals surface area contributed by atoms with Gasteiger partial charge in [0.05, 0.1) is 23.7 Å². The molecule has 8 nitrogen and oxygen atoms in total. The van der Waals surface area contributed by atoms with Gasteiger partial charge in [0.25, 0.3) is 5.91 Å². The van der Waals surface area contributed by atoms with E-state index in [2.05, 4.69) is 22.9 Å². The van der Waals surface area contributed by atoms with E-state index in [1.807, 2.05) is 58.9 Å². The average molecular weight is 480 g/mol. The monoisotopic (exact) mass is 479 g/mol. The molecule has 0 bridgehead atoms. The minimum absolute atomic E-state index is 0.0207. The van der Waals surface area contributed by atoms with E-state index in [0.29, 0.717) is 24.7 Å². The van der Waals surface area contributed by atoms with Crippen LogP contribution in [0.5, 0.6) is 0 Å². The zero-order chi connectivity index (χ0) is 24.8. The number of nitrogens with zero attached hydrogens (tertiary/aromatic N) is 7. The van der Waals surface area contributed by atoms with E-state index in [9.17, 15) is 10.1 Å². The van der Waals surface area contributed by atoms with E-state index >= 15 is 0 Å². The largest absolute Gasteiger partial charge is 0.355 e. The van der Waals surface area contributed by atoms with E-state index in [-0.39, 0.29) is 17.9 Å². The number of aryl methyl sites for hydroxylation is 1. The highest BCUT2D eigenvalue weighted by Gasteiger charge is 2.33. The number of anilines is 1. The molecule has 4 aromatic rings. The molecule has 8 heteroatoms. The van der Waals surface area contributed by atoms with E-state index in [4.69, 9.17) is 10.1 Å². The number of amides is 1. The van der Waals surface area contributed by atoms with Crippen LogP contribution < -0.4 is 4.90 Å². The number of nitriles is 1. The van der Waals surface area contributed by atoms with Crippen molar-refractivity contribution in [2.24, 2.45) is 11.8 Å². The van der Waals surface area contributed by atoms with Crippen LogP contribution in [0.3, 0.4) is 0 Å². The number of carbonyl (C=O) groups is 1. The van der Waals surface area contributed by atoms with Crippen LogP contribution in [0.4, 0.5) is 5.82 Å². The fourth-order valence-corrected chi connectivity index (χ4v) is 5.72. The van der Waals surface area contributed by atoms with Crippen molar-refractivity contribution in [1.29, 1.82) is 5.26 Å². The summed E-state index contributed by atoms with van der Waals surface area (Å²) >= 11 is 0. The zero-order valence-corrected chi connectivity index (χ0v) is 20.6. The average Bonchev–Trinajstić information content (AvgIpc) is 3.49. The van der Waals surface area contributed by atoms with Gasteiger partial charge >= 0.3 is 0 Å². The molecule has 2 aliphatic rings. The van der Waals surface area contributed by atoms with Crippen molar-refractivity contribution in [2.45, 2.75) is 39.2 Å². The Labute approximate surface area is 210 Å². The molecule has 2 fully saturated rings. The van der Waals surface area contributed by atoms with Crippen LogP contribution in [0, 0.1) is 30.1 Å². The highest BCUT2D eigenvalue weighted by Crippen LogP contribution is 2.34. The summed E-state index contributed by atoms with van der Waals surface area (Å²) < 4.78 is 1.82. The second-order valence-electron chi connectivity index (χ2n) is 10.1. The molecule has 0 radical (unpaired) electrons. The topological polar surface area (TPSA) is 90.4 Å². The Kier molecular flexibility index (Phi) is 5.56. The SMILES string of the molecule is Cc1cn2nc([C@@H]3CCCCN3C(=O)c3nccc4ccccc34)cc2nc1N1C[C@@H](C#N)[C@@H](C)C1. The molecule has 0 spiro atoms. The third-order valence-electron chi connectivity index (χ3n) is 7.68. The molecule has 1 amide bonds. The number of hydrogen-bond donors (Lipinski definition) is 0. The molecule has 5 heterocycles. The molecule has 0 N–H and O–H groups in total. The summed E-state index contributed by atoms with van der Waals surface area (Å²) in [6, 6.07) is 14.2. The van der Waals surface area contributed by atoms with E-state index < -0.39 is 0 Å². The Morgan fingerprint density at radius 2 is 2.03 bits per heavy atom. The zero-order valence-electron chi connectivity index (χ0n) is 20.6. The van der Waals surface area contributed by atoms with E-state index in [1.165, 1.54) is 0 Å². The number of carbonyl (C=O) groups excluding carboxylic acids is 1. The standard InChI is InChI=1S/C28H29N7O/c1-18-15-33(17-21(18)14-29)27-19(2)16-35-25(31-27)13-23(32-35)24-9-5-6-12-34(24)28(36)26-22-8-4-3-7-20(22)10-11-30-26/h3-4,7-8,10-11,13,16,18,21,24H,5-6,9,12,15,17H2,1-2H3/t18-,21+,24-/m0/s1. The maximum absolute atomic E-state index is 13.8. The first-order valence-corrected chi connectivity index (χ1v) is 12.7. The molecule has 3 atom stereocenters. The molecule has 0 saturated carbocycles. The first kappa shape index (κ1) is 22.5. The minimum atomic E-state index is -0.118. The lowest BCUT2D eigenvalue weighted by molar-refractivity contribution is 0.0602. The van der Waals surface area contributed by atoms with Crippen LogP contribution in [0.25, 0.3) is 16.4 Å².